The normalized spacial score (nSPS) is 10.6. The van der Waals surface area contributed by atoms with Crippen LogP contribution in [0, 0.1) is 6.92 Å². The number of aryl methyl sites for hydroxylation is 1. The molecule has 0 fully saturated rings. The fourth-order valence-corrected chi connectivity index (χ4v) is 3.03. The molecule has 0 aliphatic rings. The summed E-state index contributed by atoms with van der Waals surface area (Å²) in [5.41, 5.74) is 4.48. The second-order valence-corrected chi connectivity index (χ2v) is 6.72. The molecule has 6 heteroatoms. The van der Waals surface area contributed by atoms with Gasteiger partial charge in [-0.3, -0.25) is 9.78 Å². The van der Waals surface area contributed by atoms with Gasteiger partial charge >= 0.3 is 0 Å². The summed E-state index contributed by atoms with van der Waals surface area (Å²) in [5.74, 6) is -0.301. The van der Waals surface area contributed by atoms with Gasteiger partial charge in [-0.25, -0.2) is 4.68 Å². The maximum Gasteiger partial charge on any atom is 0.276 e. The van der Waals surface area contributed by atoms with Crippen molar-refractivity contribution in [2.75, 3.05) is 5.32 Å². The molecule has 2 aromatic carbocycles. The lowest BCUT2D eigenvalue weighted by molar-refractivity contribution is 0.102. The van der Waals surface area contributed by atoms with Crippen molar-refractivity contribution in [2.24, 2.45) is 0 Å². The van der Waals surface area contributed by atoms with E-state index in [1.54, 1.807) is 29.2 Å². The zero-order chi connectivity index (χ0) is 19.5. The Balaban J connectivity index is 1.72. The number of hydrogen-bond donors (Lipinski definition) is 1. The number of pyridine rings is 1. The van der Waals surface area contributed by atoms with Crippen molar-refractivity contribution >= 4 is 23.2 Å². The van der Waals surface area contributed by atoms with Gasteiger partial charge in [0.15, 0.2) is 5.69 Å². The minimum atomic E-state index is -0.301. The minimum Gasteiger partial charge on any atom is -0.321 e. The molecule has 0 bridgehead atoms. The summed E-state index contributed by atoms with van der Waals surface area (Å²) >= 11 is 6.16. The zero-order valence-electron chi connectivity index (χ0n) is 15.1. The number of benzene rings is 2. The Kier molecular flexibility index (Phi) is 4.91. The molecule has 0 spiro atoms. The third-order valence-corrected chi connectivity index (χ3v) is 4.76. The van der Waals surface area contributed by atoms with E-state index in [9.17, 15) is 4.79 Å². The van der Waals surface area contributed by atoms with Crippen LogP contribution in [0.1, 0.15) is 16.1 Å². The van der Waals surface area contributed by atoms with Crippen LogP contribution >= 0.6 is 11.6 Å². The molecule has 0 unspecified atom stereocenters. The van der Waals surface area contributed by atoms with E-state index >= 15 is 0 Å². The monoisotopic (exact) mass is 388 g/mol. The molecule has 2 aromatic heterocycles. The highest BCUT2D eigenvalue weighted by atomic mass is 35.5. The molecular formula is C22H17ClN4O. The average Bonchev–Trinajstić information content (AvgIpc) is 3.18. The summed E-state index contributed by atoms with van der Waals surface area (Å²) in [7, 11) is 0. The molecule has 0 aliphatic heterocycles. The van der Waals surface area contributed by atoms with Gasteiger partial charge in [-0.05, 0) is 55.0 Å². The second kappa shape index (κ2) is 7.66. The van der Waals surface area contributed by atoms with Crippen LogP contribution in [0.2, 0.25) is 5.02 Å². The molecule has 2 heterocycles. The highest BCUT2D eigenvalue weighted by Gasteiger charge is 2.17. The SMILES string of the molecule is Cc1ccc(NC(=O)c2cc(-c3ccncc3)n(-c3ccccc3)n2)cc1Cl. The first-order valence-electron chi connectivity index (χ1n) is 8.75. The van der Waals surface area contributed by atoms with Gasteiger partial charge in [-0.1, -0.05) is 35.9 Å². The molecule has 0 saturated carbocycles. The van der Waals surface area contributed by atoms with Crippen molar-refractivity contribution in [2.45, 2.75) is 6.92 Å². The average molecular weight is 389 g/mol. The van der Waals surface area contributed by atoms with Gasteiger partial charge in [-0.15, -0.1) is 0 Å². The molecule has 0 atom stereocenters. The second-order valence-electron chi connectivity index (χ2n) is 6.32. The summed E-state index contributed by atoms with van der Waals surface area (Å²) in [6.07, 6.45) is 3.43. The number of carbonyl (C=O) groups is 1. The van der Waals surface area contributed by atoms with Gasteiger partial charge < -0.3 is 5.32 Å². The molecule has 0 saturated heterocycles. The number of nitrogens with one attached hydrogen (secondary N) is 1. The minimum absolute atomic E-state index is 0.301. The highest BCUT2D eigenvalue weighted by Crippen LogP contribution is 2.25. The number of nitrogens with zero attached hydrogens (tertiary/aromatic N) is 3. The van der Waals surface area contributed by atoms with Gasteiger partial charge in [0.05, 0.1) is 11.4 Å². The van der Waals surface area contributed by atoms with E-state index in [1.807, 2.05) is 61.5 Å². The van der Waals surface area contributed by atoms with Crippen LogP contribution in [0.3, 0.4) is 0 Å². The van der Waals surface area contributed by atoms with Crippen molar-refractivity contribution in [3.8, 4) is 16.9 Å². The first-order valence-corrected chi connectivity index (χ1v) is 9.13. The lowest BCUT2D eigenvalue weighted by Gasteiger charge is -2.07. The molecule has 138 valence electrons. The largest absolute Gasteiger partial charge is 0.321 e. The summed E-state index contributed by atoms with van der Waals surface area (Å²) < 4.78 is 1.76. The van der Waals surface area contributed by atoms with Crippen molar-refractivity contribution in [3.05, 3.63) is 95.4 Å². The molecule has 28 heavy (non-hydrogen) atoms. The van der Waals surface area contributed by atoms with Gasteiger partial charge in [-0.2, -0.15) is 5.10 Å². The molecule has 0 radical (unpaired) electrons. The first kappa shape index (κ1) is 17.9. The first-order chi connectivity index (χ1) is 13.6. The van der Waals surface area contributed by atoms with Gasteiger partial charge in [0.2, 0.25) is 0 Å². The van der Waals surface area contributed by atoms with Crippen LogP contribution in [-0.2, 0) is 0 Å². The van der Waals surface area contributed by atoms with E-state index < -0.39 is 0 Å². The number of carbonyl (C=O) groups excluding carboxylic acids is 1. The molecular weight excluding hydrogens is 372 g/mol. The van der Waals surface area contributed by atoms with Crippen LogP contribution in [0.25, 0.3) is 16.9 Å². The predicted molar refractivity (Wildman–Crippen MR) is 111 cm³/mol. The molecule has 4 aromatic rings. The molecule has 1 N–H and O–H groups in total. The van der Waals surface area contributed by atoms with Crippen LogP contribution in [0.5, 0.6) is 0 Å². The molecule has 1 amide bonds. The highest BCUT2D eigenvalue weighted by molar-refractivity contribution is 6.31. The summed E-state index contributed by atoms with van der Waals surface area (Å²) in [6, 6.07) is 20.6. The van der Waals surface area contributed by atoms with E-state index in [0.717, 1.165) is 22.5 Å². The van der Waals surface area contributed by atoms with Crippen molar-refractivity contribution in [3.63, 3.8) is 0 Å². The topological polar surface area (TPSA) is 59.8 Å². The third-order valence-electron chi connectivity index (χ3n) is 4.35. The smallest absolute Gasteiger partial charge is 0.276 e. The van der Waals surface area contributed by atoms with Crippen LogP contribution in [0.15, 0.2) is 79.1 Å². The Hall–Kier alpha value is -3.44. The van der Waals surface area contributed by atoms with Gasteiger partial charge in [0.1, 0.15) is 0 Å². The Morgan fingerprint density at radius 1 is 1.00 bits per heavy atom. The van der Waals surface area contributed by atoms with E-state index in [2.05, 4.69) is 15.4 Å². The summed E-state index contributed by atoms with van der Waals surface area (Å²) in [5, 5.41) is 8.00. The summed E-state index contributed by atoms with van der Waals surface area (Å²) in [6.45, 7) is 1.91. The van der Waals surface area contributed by atoms with Crippen molar-refractivity contribution in [1.82, 2.24) is 14.8 Å². The number of anilines is 1. The number of amides is 1. The number of halogens is 1. The Morgan fingerprint density at radius 2 is 1.75 bits per heavy atom. The van der Waals surface area contributed by atoms with Crippen molar-refractivity contribution < 1.29 is 4.79 Å². The number of aromatic nitrogens is 3. The molecule has 5 nitrogen and oxygen atoms in total. The van der Waals surface area contributed by atoms with Crippen molar-refractivity contribution in [1.29, 1.82) is 0 Å². The fourth-order valence-electron chi connectivity index (χ4n) is 2.85. The lowest BCUT2D eigenvalue weighted by atomic mass is 10.1. The lowest BCUT2D eigenvalue weighted by Crippen LogP contribution is -2.13. The van der Waals surface area contributed by atoms with E-state index in [0.29, 0.717) is 16.4 Å². The van der Waals surface area contributed by atoms with E-state index in [4.69, 9.17) is 11.6 Å². The van der Waals surface area contributed by atoms with Crippen LogP contribution in [-0.4, -0.2) is 20.7 Å². The zero-order valence-corrected chi connectivity index (χ0v) is 15.9. The van der Waals surface area contributed by atoms with E-state index in [-0.39, 0.29) is 5.91 Å². The van der Waals surface area contributed by atoms with Crippen LogP contribution in [0.4, 0.5) is 5.69 Å². The number of hydrogen-bond acceptors (Lipinski definition) is 3. The maximum atomic E-state index is 12.8. The summed E-state index contributed by atoms with van der Waals surface area (Å²) in [4.78, 5) is 16.9. The third kappa shape index (κ3) is 3.66. The standard InChI is InChI=1S/C22H17ClN4O/c1-15-7-8-17(13-19(15)23)25-22(28)20-14-21(16-9-11-24-12-10-16)27(26-20)18-5-3-2-4-6-18/h2-14H,1H3,(H,25,28). The van der Waals surface area contributed by atoms with Gasteiger partial charge in [0.25, 0.3) is 5.91 Å². The Bertz CT molecular complexity index is 1070. The van der Waals surface area contributed by atoms with Crippen LogP contribution < -0.4 is 5.32 Å². The molecule has 0 aliphatic carbocycles. The van der Waals surface area contributed by atoms with E-state index in [1.165, 1.54) is 0 Å². The quantitative estimate of drug-likeness (QED) is 0.526. The maximum absolute atomic E-state index is 12.8. The number of rotatable bonds is 4. The predicted octanol–water partition coefficient (Wildman–Crippen LogP) is 5.15. The fraction of sp³-hybridized carbons (Fsp3) is 0.0455. The Morgan fingerprint density at radius 3 is 2.46 bits per heavy atom. The molecule has 4 rings (SSSR count). The number of para-hydroxylation sites is 1. The Labute approximate surface area is 167 Å². The van der Waals surface area contributed by atoms with Gasteiger partial charge in [0, 0.05) is 28.7 Å².